The molecule has 0 unspecified atom stereocenters. The molecule has 0 bridgehead atoms. The Bertz CT molecular complexity index is 310. The van der Waals surface area contributed by atoms with E-state index in [-0.39, 0.29) is 0 Å². The van der Waals surface area contributed by atoms with Gasteiger partial charge in [-0.3, -0.25) is 4.79 Å². The summed E-state index contributed by atoms with van der Waals surface area (Å²) in [6.45, 7) is 2.73. The molecule has 0 N–H and O–H groups in total. The van der Waals surface area contributed by atoms with Crippen LogP contribution in [0.3, 0.4) is 0 Å². The molecule has 0 aliphatic carbocycles. The standard InChI is InChI=1S/C11H13ClO2/c1-2-3-6-14-11-7-9(8-13)4-5-10(11)12/h4-5,7-8H,2-3,6H2,1H3. The van der Waals surface area contributed by atoms with Gasteiger partial charge in [0.1, 0.15) is 12.0 Å². The topological polar surface area (TPSA) is 26.3 Å². The Labute approximate surface area is 88.8 Å². The van der Waals surface area contributed by atoms with E-state index in [9.17, 15) is 4.79 Å². The van der Waals surface area contributed by atoms with E-state index in [1.165, 1.54) is 0 Å². The van der Waals surface area contributed by atoms with Gasteiger partial charge in [-0.05, 0) is 24.6 Å². The van der Waals surface area contributed by atoms with Crippen molar-refractivity contribution >= 4 is 17.9 Å². The summed E-state index contributed by atoms with van der Waals surface area (Å²) in [6, 6.07) is 5.00. The summed E-state index contributed by atoms with van der Waals surface area (Å²) < 4.78 is 5.43. The fourth-order valence-corrected chi connectivity index (χ4v) is 1.20. The quantitative estimate of drug-likeness (QED) is 0.553. The van der Waals surface area contributed by atoms with Crippen LogP contribution in [-0.4, -0.2) is 12.9 Å². The van der Waals surface area contributed by atoms with Gasteiger partial charge in [0.15, 0.2) is 0 Å². The molecule has 0 heterocycles. The molecule has 3 heteroatoms. The van der Waals surface area contributed by atoms with E-state index in [0.29, 0.717) is 22.9 Å². The highest BCUT2D eigenvalue weighted by Gasteiger charge is 2.02. The Balaban J connectivity index is 2.68. The molecule has 1 aromatic rings. The number of carbonyl (C=O) groups is 1. The van der Waals surface area contributed by atoms with E-state index in [1.54, 1.807) is 18.2 Å². The zero-order valence-electron chi connectivity index (χ0n) is 8.13. The minimum atomic E-state index is 0.548. The molecule has 0 amide bonds. The first-order chi connectivity index (χ1) is 6.77. The van der Waals surface area contributed by atoms with Crippen LogP contribution in [0.2, 0.25) is 5.02 Å². The summed E-state index contributed by atoms with van der Waals surface area (Å²) in [5, 5.41) is 0.548. The highest BCUT2D eigenvalue weighted by atomic mass is 35.5. The first-order valence-corrected chi connectivity index (χ1v) is 5.03. The lowest BCUT2D eigenvalue weighted by Gasteiger charge is -2.07. The van der Waals surface area contributed by atoms with Gasteiger partial charge in [-0.15, -0.1) is 0 Å². The van der Waals surface area contributed by atoms with Crippen molar-refractivity contribution in [1.29, 1.82) is 0 Å². The average Bonchev–Trinajstić information content (AvgIpc) is 2.21. The van der Waals surface area contributed by atoms with Gasteiger partial charge in [0.25, 0.3) is 0 Å². The average molecular weight is 213 g/mol. The summed E-state index contributed by atoms with van der Waals surface area (Å²) in [5.41, 5.74) is 0.584. The molecule has 76 valence electrons. The predicted octanol–water partition coefficient (Wildman–Crippen LogP) is 3.33. The van der Waals surface area contributed by atoms with Crippen LogP contribution in [0.15, 0.2) is 18.2 Å². The number of ether oxygens (including phenoxy) is 1. The van der Waals surface area contributed by atoms with Crippen molar-refractivity contribution in [3.63, 3.8) is 0 Å². The maximum Gasteiger partial charge on any atom is 0.150 e. The van der Waals surface area contributed by atoms with Gasteiger partial charge in [0, 0.05) is 5.56 Å². The number of carbonyl (C=O) groups excluding carboxylic acids is 1. The molecule has 0 atom stereocenters. The van der Waals surface area contributed by atoms with Gasteiger partial charge < -0.3 is 4.74 Å². The monoisotopic (exact) mass is 212 g/mol. The lowest BCUT2D eigenvalue weighted by atomic mass is 10.2. The summed E-state index contributed by atoms with van der Waals surface area (Å²) in [7, 11) is 0. The van der Waals surface area contributed by atoms with E-state index < -0.39 is 0 Å². The SMILES string of the molecule is CCCCOc1cc(C=O)ccc1Cl. The number of unbranched alkanes of at least 4 members (excludes halogenated alkanes) is 1. The number of aldehydes is 1. The lowest BCUT2D eigenvalue weighted by molar-refractivity contribution is 0.112. The van der Waals surface area contributed by atoms with E-state index in [0.717, 1.165) is 19.1 Å². The Morgan fingerprint density at radius 3 is 2.93 bits per heavy atom. The fraction of sp³-hybridized carbons (Fsp3) is 0.364. The van der Waals surface area contributed by atoms with Gasteiger partial charge in [-0.2, -0.15) is 0 Å². The smallest absolute Gasteiger partial charge is 0.150 e. The Morgan fingerprint density at radius 2 is 2.29 bits per heavy atom. The van der Waals surface area contributed by atoms with Crippen LogP contribution in [0.4, 0.5) is 0 Å². The molecule has 1 rings (SSSR count). The summed E-state index contributed by atoms with van der Waals surface area (Å²) >= 11 is 5.89. The van der Waals surface area contributed by atoms with Crippen molar-refractivity contribution in [2.24, 2.45) is 0 Å². The normalized spacial score (nSPS) is 9.86. The molecule has 0 radical (unpaired) electrons. The van der Waals surface area contributed by atoms with Gasteiger partial charge in [0.2, 0.25) is 0 Å². The summed E-state index contributed by atoms with van der Waals surface area (Å²) in [4.78, 5) is 10.5. The van der Waals surface area contributed by atoms with Crippen LogP contribution in [0, 0.1) is 0 Å². The molecule has 14 heavy (non-hydrogen) atoms. The molecule has 0 saturated carbocycles. The highest BCUT2D eigenvalue weighted by Crippen LogP contribution is 2.25. The number of hydrogen-bond donors (Lipinski definition) is 0. The van der Waals surface area contributed by atoms with Crippen molar-refractivity contribution in [2.75, 3.05) is 6.61 Å². The second kappa shape index (κ2) is 5.66. The summed E-state index contributed by atoms with van der Waals surface area (Å²) in [5.74, 6) is 0.588. The molecule has 0 spiro atoms. The van der Waals surface area contributed by atoms with E-state index >= 15 is 0 Å². The number of rotatable bonds is 5. The van der Waals surface area contributed by atoms with Crippen LogP contribution >= 0.6 is 11.6 Å². The lowest BCUT2D eigenvalue weighted by Crippen LogP contribution is -1.97. The zero-order valence-corrected chi connectivity index (χ0v) is 8.88. The van der Waals surface area contributed by atoms with E-state index in [2.05, 4.69) is 6.92 Å². The minimum absolute atomic E-state index is 0.548. The maximum absolute atomic E-state index is 10.5. The molecule has 2 nitrogen and oxygen atoms in total. The minimum Gasteiger partial charge on any atom is -0.492 e. The number of benzene rings is 1. The van der Waals surface area contributed by atoms with Gasteiger partial charge in [-0.1, -0.05) is 24.9 Å². The third kappa shape index (κ3) is 3.04. The molecule has 0 fully saturated rings. The highest BCUT2D eigenvalue weighted by molar-refractivity contribution is 6.32. The van der Waals surface area contributed by atoms with E-state index in [4.69, 9.17) is 16.3 Å². The Kier molecular flexibility index (Phi) is 4.47. The van der Waals surface area contributed by atoms with Crippen LogP contribution in [0.5, 0.6) is 5.75 Å². The van der Waals surface area contributed by atoms with Gasteiger partial charge >= 0.3 is 0 Å². The van der Waals surface area contributed by atoms with Crippen molar-refractivity contribution in [2.45, 2.75) is 19.8 Å². The molecule has 0 saturated heterocycles. The third-order valence-corrected chi connectivity index (χ3v) is 2.16. The van der Waals surface area contributed by atoms with E-state index in [1.807, 2.05) is 0 Å². The van der Waals surface area contributed by atoms with Crippen LogP contribution in [-0.2, 0) is 0 Å². The number of halogens is 1. The van der Waals surface area contributed by atoms with Crippen LogP contribution < -0.4 is 4.74 Å². The maximum atomic E-state index is 10.5. The van der Waals surface area contributed by atoms with Gasteiger partial charge in [0.05, 0.1) is 11.6 Å². The van der Waals surface area contributed by atoms with Crippen LogP contribution in [0.25, 0.3) is 0 Å². The molecular weight excluding hydrogens is 200 g/mol. The molecule has 1 aromatic carbocycles. The predicted molar refractivity (Wildman–Crippen MR) is 57.2 cm³/mol. The zero-order chi connectivity index (χ0) is 10.4. The Morgan fingerprint density at radius 1 is 1.50 bits per heavy atom. The van der Waals surface area contributed by atoms with Gasteiger partial charge in [-0.25, -0.2) is 0 Å². The summed E-state index contributed by atoms with van der Waals surface area (Å²) in [6.07, 6.45) is 2.84. The largest absolute Gasteiger partial charge is 0.492 e. The van der Waals surface area contributed by atoms with Crippen molar-refractivity contribution < 1.29 is 9.53 Å². The molecular formula is C11H13ClO2. The fourth-order valence-electron chi connectivity index (χ4n) is 1.03. The van der Waals surface area contributed by atoms with Crippen molar-refractivity contribution in [3.8, 4) is 5.75 Å². The molecule has 0 aromatic heterocycles. The second-order valence-electron chi connectivity index (χ2n) is 3.01. The molecule has 0 aliphatic rings. The number of hydrogen-bond acceptors (Lipinski definition) is 2. The van der Waals surface area contributed by atoms with Crippen molar-refractivity contribution in [3.05, 3.63) is 28.8 Å². The van der Waals surface area contributed by atoms with Crippen LogP contribution in [0.1, 0.15) is 30.1 Å². The third-order valence-electron chi connectivity index (χ3n) is 1.85. The second-order valence-corrected chi connectivity index (χ2v) is 3.42. The first kappa shape index (κ1) is 11.1. The molecule has 0 aliphatic heterocycles. The van der Waals surface area contributed by atoms with Crippen molar-refractivity contribution in [1.82, 2.24) is 0 Å². The Hall–Kier alpha value is -1.02. The first-order valence-electron chi connectivity index (χ1n) is 4.65.